The minimum Gasteiger partial charge on any atom is -0.494 e. The summed E-state index contributed by atoms with van der Waals surface area (Å²) < 4.78 is 6.67. The van der Waals surface area contributed by atoms with Gasteiger partial charge in [-0.15, -0.1) is 5.10 Å². The Bertz CT molecular complexity index is 425. The van der Waals surface area contributed by atoms with Crippen molar-refractivity contribution in [2.45, 2.75) is 0 Å². The standard InChI is InChI=1S/C8H9N5O/c1-14-8-4-6(9)2-3-7(8)13-5-10-11-12-13/h2-5H,9H2,1H3. The Kier molecular flexibility index (Phi) is 2.02. The van der Waals surface area contributed by atoms with Gasteiger partial charge in [0.05, 0.1) is 7.11 Å². The SMILES string of the molecule is COc1cc(N)ccc1-n1cnnn1. The number of ether oxygens (including phenoxy) is 1. The summed E-state index contributed by atoms with van der Waals surface area (Å²) in [7, 11) is 1.57. The Hall–Kier alpha value is -2.11. The molecule has 0 unspecified atom stereocenters. The highest BCUT2D eigenvalue weighted by atomic mass is 16.5. The lowest BCUT2D eigenvalue weighted by Crippen LogP contribution is -1.99. The second-order valence-electron chi connectivity index (χ2n) is 2.69. The van der Waals surface area contributed by atoms with Gasteiger partial charge >= 0.3 is 0 Å². The van der Waals surface area contributed by atoms with E-state index in [9.17, 15) is 0 Å². The monoisotopic (exact) mass is 191 g/mol. The van der Waals surface area contributed by atoms with Crippen LogP contribution in [0.1, 0.15) is 0 Å². The van der Waals surface area contributed by atoms with Crippen molar-refractivity contribution in [1.29, 1.82) is 0 Å². The van der Waals surface area contributed by atoms with Gasteiger partial charge in [-0.05, 0) is 22.6 Å². The Morgan fingerprint density at radius 2 is 2.29 bits per heavy atom. The number of benzene rings is 1. The van der Waals surface area contributed by atoms with E-state index in [-0.39, 0.29) is 0 Å². The summed E-state index contributed by atoms with van der Waals surface area (Å²) in [5.74, 6) is 0.636. The zero-order valence-corrected chi connectivity index (χ0v) is 7.58. The predicted octanol–water partition coefficient (Wildman–Crippen LogP) is 0.253. The van der Waals surface area contributed by atoms with Crippen molar-refractivity contribution in [1.82, 2.24) is 20.2 Å². The molecule has 2 N–H and O–H groups in total. The number of nitrogens with zero attached hydrogens (tertiary/aromatic N) is 4. The van der Waals surface area contributed by atoms with Crippen molar-refractivity contribution in [3.05, 3.63) is 24.5 Å². The molecule has 6 nitrogen and oxygen atoms in total. The van der Waals surface area contributed by atoms with E-state index in [1.165, 1.54) is 11.0 Å². The molecule has 0 bridgehead atoms. The average Bonchev–Trinajstić information content (AvgIpc) is 2.70. The molecule has 6 heteroatoms. The van der Waals surface area contributed by atoms with E-state index >= 15 is 0 Å². The molecule has 1 aromatic heterocycles. The third-order valence-electron chi connectivity index (χ3n) is 1.80. The van der Waals surface area contributed by atoms with Crippen LogP contribution < -0.4 is 10.5 Å². The van der Waals surface area contributed by atoms with Gasteiger partial charge < -0.3 is 10.5 Å². The quantitative estimate of drug-likeness (QED) is 0.688. The number of nitrogens with two attached hydrogens (primary N) is 1. The number of nitrogen functional groups attached to an aromatic ring is 1. The molecule has 0 saturated heterocycles. The second-order valence-corrected chi connectivity index (χ2v) is 2.69. The van der Waals surface area contributed by atoms with Gasteiger partial charge in [-0.25, -0.2) is 0 Å². The molecule has 0 spiro atoms. The van der Waals surface area contributed by atoms with Gasteiger partial charge in [-0.3, -0.25) is 0 Å². The van der Waals surface area contributed by atoms with Gasteiger partial charge in [0.2, 0.25) is 0 Å². The first-order chi connectivity index (χ1) is 6.81. The van der Waals surface area contributed by atoms with Gasteiger partial charge in [-0.1, -0.05) is 0 Å². The summed E-state index contributed by atoms with van der Waals surface area (Å²) in [4.78, 5) is 0. The maximum absolute atomic E-state index is 5.62. The topological polar surface area (TPSA) is 78.9 Å². The minimum atomic E-state index is 0.636. The van der Waals surface area contributed by atoms with Crippen molar-refractivity contribution < 1.29 is 4.74 Å². The fraction of sp³-hybridized carbons (Fsp3) is 0.125. The lowest BCUT2D eigenvalue weighted by Gasteiger charge is -2.07. The highest BCUT2D eigenvalue weighted by Crippen LogP contribution is 2.23. The van der Waals surface area contributed by atoms with Crippen LogP contribution in [0.2, 0.25) is 0 Å². The van der Waals surface area contributed by atoms with Crippen molar-refractivity contribution in [2.75, 3.05) is 12.8 Å². The van der Waals surface area contributed by atoms with E-state index in [1.807, 2.05) is 0 Å². The van der Waals surface area contributed by atoms with Crippen molar-refractivity contribution in [3.8, 4) is 11.4 Å². The largest absolute Gasteiger partial charge is 0.494 e. The summed E-state index contributed by atoms with van der Waals surface area (Å²) in [6.45, 7) is 0. The Morgan fingerprint density at radius 1 is 1.43 bits per heavy atom. The summed E-state index contributed by atoms with van der Waals surface area (Å²) in [6, 6.07) is 5.28. The zero-order valence-electron chi connectivity index (χ0n) is 7.58. The van der Waals surface area contributed by atoms with E-state index in [0.717, 1.165) is 5.69 Å². The maximum atomic E-state index is 5.62. The summed E-state index contributed by atoms with van der Waals surface area (Å²) in [6.07, 6.45) is 1.49. The van der Waals surface area contributed by atoms with Gasteiger partial charge in [0.25, 0.3) is 0 Å². The third kappa shape index (κ3) is 1.37. The number of methoxy groups -OCH3 is 1. The molecule has 2 rings (SSSR count). The van der Waals surface area contributed by atoms with Gasteiger partial charge in [0.1, 0.15) is 17.8 Å². The molecule has 2 aromatic rings. The fourth-order valence-corrected chi connectivity index (χ4v) is 1.16. The number of aromatic nitrogens is 4. The first-order valence-electron chi connectivity index (χ1n) is 3.98. The van der Waals surface area contributed by atoms with Crippen LogP contribution >= 0.6 is 0 Å². The van der Waals surface area contributed by atoms with E-state index in [4.69, 9.17) is 10.5 Å². The van der Waals surface area contributed by atoms with Crippen LogP contribution in [0.3, 0.4) is 0 Å². The number of hydrogen-bond donors (Lipinski definition) is 1. The van der Waals surface area contributed by atoms with Crippen molar-refractivity contribution in [3.63, 3.8) is 0 Å². The van der Waals surface area contributed by atoms with Gasteiger partial charge in [0.15, 0.2) is 0 Å². The molecule has 0 radical (unpaired) electrons. The van der Waals surface area contributed by atoms with Gasteiger partial charge in [-0.2, -0.15) is 4.68 Å². The molecule has 0 saturated carbocycles. The van der Waals surface area contributed by atoms with Crippen LogP contribution in [0.5, 0.6) is 5.75 Å². The Morgan fingerprint density at radius 3 is 2.93 bits per heavy atom. The zero-order chi connectivity index (χ0) is 9.97. The molecule has 0 aliphatic rings. The molecule has 0 fully saturated rings. The average molecular weight is 191 g/mol. The molecule has 1 aromatic carbocycles. The summed E-state index contributed by atoms with van der Waals surface area (Å²) in [5, 5.41) is 10.8. The Labute approximate surface area is 80.3 Å². The van der Waals surface area contributed by atoms with E-state index in [1.54, 1.807) is 25.3 Å². The first-order valence-corrected chi connectivity index (χ1v) is 3.98. The van der Waals surface area contributed by atoms with E-state index in [2.05, 4.69) is 15.5 Å². The molecule has 0 aliphatic heterocycles. The lowest BCUT2D eigenvalue weighted by molar-refractivity contribution is 0.411. The maximum Gasteiger partial charge on any atom is 0.146 e. The van der Waals surface area contributed by atoms with Crippen LogP contribution in [0.25, 0.3) is 5.69 Å². The van der Waals surface area contributed by atoms with Crippen molar-refractivity contribution in [2.24, 2.45) is 0 Å². The highest BCUT2D eigenvalue weighted by molar-refractivity contribution is 5.55. The molecule has 1 heterocycles. The van der Waals surface area contributed by atoms with Gasteiger partial charge in [0, 0.05) is 11.8 Å². The molecule has 0 atom stereocenters. The number of tetrazole rings is 1. The normalized spacial score (nSPS) is 10.1. The molecular formula is C8H9N5O. The summed E-state index contributed by atoms with van der Waals surface area (Å²) in [5.41, 5.74) is 7.01. The predicted molar refractivity (Wildman–Crippen MR) is 50.1 cm³/mol. The smallest absolute Gasteiger partial charge is 0.146 e. The van der Waals surface area contributed by atoms with Crippen LogP contribution in [0.15, 0.2) is 24.5 Å². The van der Waals surface area contributed by atoms with Crippen molar-refractivity contribution >= 4 is 5.69 Å². The lowest BCUT2D eigenvalue weighted by atomic mass is 10.2. The van der Waals surface area contributed by atoms with Crippen LogP contribution in [0.4, 0.5) is 5.69 Å². The summed E-state index contributed by atoms with van der Waals surface area (Å²) >= 11 is 0. The van der Waals surface area contributed by atoms with E-state index in [0.29, 0.717) is 11.4 Å². The molecular weight excluding hydrogens is 182 g/mol. The third-order valence-corrected chi connectivity index (χ3v) is 1.80. The van der Waals surface area contributed by atoms with E-state index < -0.39 is 0 Å². The number of anilines is 1. The number of rotatable bonds is 2. The molecule has 14 heavy (non-hydrogen) atoms. The second kappa shape index (κ2) is 3.33. The molecule has 0 aliphatic carbocycles. The van der Waals surface area contributed by atoms with Crippen LogP contribution in [0, 0.1) is 0 Å². The highest BCUT2D eigenvalue weighted by Gasteiger charge is 2.05. The first kappa shape index (κ1) is 8.49. The number of hydrogen-bond acceptors (Lipinski definition) is 5. The van der Waals surface area contributed by atoms with Crippen LogP contribution in [-0.4, -0.2) is 27.3 Å². The Balaban J connectivity index is 2.53. The molecule has 72 valence electrons. The minimum absolute atomic E-state index is 0.636. The van der Waals surface area contributed by atoms with Crippen LogP contribution in [-0.2, 0) is 0 Å². The fourth-order valence-electron chi connectivity index (χ4n) is 1.16. The molecule has 0 amide bonds.